The van der Waals surface area contributed by atoms with Crippen LogP contribution in [0.1, 0.15) is 21.5 Å². The molecule has 0 saturated carbocycles. The van der Waals surface area contributed by atoms with Crippen LogP contribution in [0.15, 0.2) is 85.3 Å². The summed E-state index contributed by atoms with van der Waals surface area (Å²) in [6.45, 7) is 1.70. The molecule has 1 aromatic heterocycles. The monoisotopic (exact) mass is 371 g/mol. The third kappa shape index (κ3) is 4.24. The second kappa shape index (κ2) is 8.64. The molecule has 0 fully saturated rings. The van der Waals surface area contributed by atoms with Gasteiger partial charge in [-0.1, -0.05) is 60.7 Å². The molecular weight excluding hydrogens is 354 g/mol. The lowest BCUT2D eigenvalue weighted by Gasteiger charge is -2.05. The lowest BCUT2D eigenvalue weighted by atomic mass is 9.97. The summed E-state index contributed by atoms with van der Waals surface area (Å²) in [5.74, 6) is -0.319. The maximum absolute atomic E-state index is 12.3. The Hall–Kier alpha value is -3.93. The normalized spacial score (nSPS) is 10.0. The molecular formula is C22H17N3O3. The Labute approximate surface area is 161 Å². The molecule has 0 aliphatic carbocycles. The van der Waals surface area contributed by atoms with Crippen molar-refractivity contribution in [2.24, 2.45) is 0 Å². The van der Waals surface area contributed by atoms with Crippen molar-refractivity contribution in [2.75, 3.05) is 0 Å². The summed E-state index contributed by atoms with van der Waals surface area (Å²) < 4.78 is 0. The first-order chi connectivity index (χ1) is 13.6. The second-order valence-corrected chi connectivity index (χ2v) is 6.00. The zero-order valence-electron chi connectivity index (χ0n) is 15.1. The summed E-state index contributed by atoms with van der Waals surface area (Å²) in [5.41, 5.74) is 2.07. The van der Waals surface area contributed by atoms with Crippen LogP contribution in [0.5, 0.6) is 0 Å². The van der Waals surface area contributed by atoms with E-state index >= 15 is 0 Å². The minimum absolute atomic E-state index is 0.149. The number of carbonyl (C=O) groups excluding carboxylic acids is 1. The number of carbonyl (C=O) groups is 1. The van der Waals surface area contributed by atoms with Crippen molar-refractivity contribution in [1.29, 1.82) is 0 Å². The maximum Gasteiger partial charge on any atom is 0.280 e. The highest BCUT2D eigenvalue weighted by Gasteiger charge is 2.22. The van der Waals surface area contributed by atoms with Gasteiger partial charge in [-0.15, -0.1) is 0 Å². The maximum atomic E-state index is 12.3. The number of nitrogens with zero attached hydrogens (tertiary/aromatic N) is 3. The van der Waals surface area contributed by atoms with Gasteiger partial charge in [0.25, 0.3) is 5.69 Å². The molecule has 6 heteroatoms. The van der Waals surface area contributed by atoms with Crippen molar-refractivity contribution >= 4 is 22.4 Å². The molecule has 1 heterocycles. The Bertz CT molecular complexity index is 1060. The largest absolute Gasteiger partial charge is 0.288 e. The van der Waals surface area contributed by atoms with Crippen LogP contribution in [0.2, 0.25) is 0 Å². The van der Waals surface area contributed by atoms with Crippen molar-refractivity contribution in [3.63, 3.8) is 0 Å². The average molecular weight is 371 g/mol. The van der Waals surface area contributed by atoms with E-state index in [2.05, 4.69) is 9.97 Å². The van der Waals surface area contributed by atoms with Crippen LogP contribution < -0.4 is 0 Å². The smallest absolute Gasteiger partial charge is 0.280 e. The molecule has 0 N–H and O–H groups in total. The Morgan fingerprint density at radius 1 is 0.929 bits per heavy atom. The molecule has 0 saturated heterocycles. The van der Waals surface area contributed by atoms with Gasteiger partial charge in [0.15, 0.2) is 5.78 Å². The van der Waals surface area contributed by atoms with Crippen molar-refractivity contribution in [3.05, 3.63) is 112 Å². The van der Waals surface area contributed by atoms with E-state index in [0.29, 0.717) is 11.1 Å². The Kier molecular flexibility index (Phi) is 5.81. The first-order valence-corrected chi connectivity index (χ1v) is 8.56. The molecule has 0 spiro atoms. The van der Waals surface area contributed by atoms with E-state index in [1.54, 1.807) is 55.7 Å². The quantitative estimate of drug-likeness (QED) is 0.294. The van der Waals surface area contributed by atoms with Gasteiger partial charge in [0.2, 0.25) is 0 Å². The zero-order valence-corrected chi connectivity index (χ0v) is 15.1. The topological polar surface area (TPSA) is 86.0 Å². The number of rotatable bonds is 3. The summed E-state index contributed by atoms with van der Waals surface area (Å²) in [7, 11) is 0. The lowest BCUT2D eigenvalue weighted by Crippen LogP contribution is -2.07. The first-order valence-electron chi connectivity index (χ1n) is 8.56. The standard InChI is InChI=1S/C14H11NO3.C8H6N2/c1-10-6-5-9-12(15(17)18)13(10)14(16)11-7-3-2-4-8-11;1-2-4-8-7(3-1)5-9-6-10-8/h2-9H,1H3;1-6H. The van der Waals surface area contributed by atoms with E-state index in [1.165, 1.54) is 6.07 Å². The third-order valence-corrected chi connectivity index (χ3v) is 4.12. The molecule has 0 aliphatic rings. The highest BCUT2D eigenvalue weighted by Crippen LogP contribution is 2.24. The van der Waals surface area contributed by atoms with E-state index in [4.69, 9.17) is 0 Å². The number of para-hydroxylation sites is 1. The molecule has 0 unspecified atom stereocenters. The molecule has 3 aromatic carbocycles. The number of fused-ring (bicyclic) bond motifs is 1. The number of nitro groups is 1. The van der Waals surface area contributed by atoms with Crippen LogP contribution in [-0.2, 0) is 0 Å². The molecule has 4 rings (SSSR count). The average Bonchev–Trinajstić information content (AvgIpc) is 2.74. The Balaban J connectivity index is 0.000000188. The Morgan fingerprint density at radius 3 is 2.36 bits per heavy atom. The van der Waals surface area contributed by atoms with Crippen molar-refractivity contribution in [3.8, 4) is 0 Å². The summed E-state index contributed by atoms with van der Waals surface area (Å²) in [4.78, 5) is 30.7. The highest BCUT2D eigenvalue weighted by molar-refractivity contribution is 6.12. The SMILES string of the molecule is Cc1cccc([N+](=O)[O-])c1C(=O)c1ccccc1.c1ccc2ncncc2c1. The van der Waals surface area contributed by atoms with E-state index in [-0.39, 0.29) is 17.0 Å². The third-order valence-electron chi connectivity index (χ3n) is 4.12. The number of aryl methyl sites for hydroxylation is 1. The van der Waals surface area contributed by atoms with Crippen molar-refractivity contribution < 1.29 is 9.72 Å². The van der Waals surface area contributed by atoms with Gasteiger partial charge < -0.3 is 0 Å². The van der Waals surface area contributed by atoms with Crippen LogP contribution in [0.25, 0.3) is 10.9 Å². The van der Waals surface area contributed by atoms with Crippen LogP contribution in [-0.4, -0.2) is 20.7 Å². The molecule has 0 aliphatic heterocycles. The number of nitro benzene ring substituents is 1. The van der Waals surface area contributed by atoms with Gasteiger partial charge in [0.1, 0.15) is 11.9 Å². The molecule has 0 atom stereocenters. The van der Waals surface area contributed by atoms with Crippen LogP contribution in [0.4, 0.5) is 5.69 Å². The van der Waals surface area contributed by atoms with E-state index in [9.17, 15) is 14.9 Å². The van der Waals surface area contributed by atoms with Gasteiger partial charge in [-0.05, 0) is 18.6 Å². The summed E-state index contributed by atoms with van der Waals surface area (Å²) in [6, 6.07) is 21.1. The van der Waals surface area contributed by atoms with Gasteiger partial charge in [0.05, 0.1) is 10.4 Å². The molecule has 0 bridgehead atoms. The van der Waals surface area contributed by atoms with Crippen LogP contribution in [0, 0.1) is 17.0 Å². The fourth-order valence-corrected chi connectivity index (χ4v) is 2.76. The number of hydrogen-bond donors (Lipinski definition) is 0. The fraction of sp³-hybridized carbons (Fsp3) is 0.0455. The number of aromatic nitrogens is 2. The predicted molar refractivity (Wildman–Crippen MR) is 107 cm³/mol. The first kappa shape index (κ1) is 18.8. The summed E-state index contributed by atoms with van der Waals surface area (Å²) >= 11 is 0. The Morgan fingerprint density at radius 2 is 1.64 bits per heavy atom. The number of benzene rings is 3. The molecule has 0 amide bonds. The van der Waals surface area contributed by atoms with Gasteiger partial charge in [-0.2, -0.15) is 0 Å². The van der Waals surface area contributed by atoms with Gasteiger partial charge in [-0.3, -0.25) is 14.9 Å². The molecule has 28 heavy (non-hydrogen) atoms. The molecule has 6 nitrogen and oxygen atoms in total. The van der Waals surface area contributed by atoms with Crippen molar-refractivity contribution in [2.45, 2.75) is 6.92 Å². The van der Waals surface area contributed by atoms with E-state index < -0.39 is 4.92 Å². The zero-order chi connectivity index (χ0) is 19.9. The number of ketones is 1. The minimum atomic E-state index is -0.525. The summed E-state index contributed by atoms with van der Waals surface area (Å²) in [5, 5.41) is 12.1. The lowest BCUT2D eigenvalue weighted by molar-refractivity contribution is -0.385. The van der Waals surface area contributed by atoms with Gasteiger partial charge in [-0.25, -0.2) is 9.97 Å². The van der Waals surface area contributed by atoms with Crippen LogP contribution in [0.3, 0.4) is 0 Å². The molecule has 4 aromatic rings. The summed E-state index contributed by atoms with van der Waals surface area (Å²) in [6.07, 6.45) is 3.37. The second-order valence-electron chi connectivity index (χ2n) is 6.00. The fourth-order valence-electron chi connectivity index (χ4n) is 2.76. The highest BCUT2D eigenvalue weighted by atomic mass is 16.6. The number of hydrogen-bond acceptors (Lipinski definition) is 5. The van der Waals surface area contributed by atoms with E-state index in [1.807, 2.05) is 30.5 Å². The van der Waals surface area contributed by atoms with Crippen molar-refractivity contribution in [1.82, 2.24) is 9.97 Å². The van der Waals surface area contributed by atoms with E-state index in [0.717, 1.165) is 10.9 Å². The van der Waals surface area contributed by atoms with Gasteiger partial charge in [0, 0.05) is 23.2 Å². The van der Waals surface area contributed by atoms with Crippen LogP contribution >= 0.6 is 0 Å². The molecule has 138 valence electrons. The predicted octanol–water partition coefficient (Wildman–Crippen LogP) is 4.76. The van der Waals surface area contributed by atoms with Gasteiger partial charge >= 0.3 is 0 Å². The minimum Gasteiger partial charge on any atom is -0.288 e. The molecule has 0 radical (unpaired) electrons.